The average Bonchev–Trinajstić information content (AvgIpc) is 2.95. The number of halogens is 1. The predicted octanol–water partition coefficient (Wildman–Crippen LogP) is 5.98. The molecule has 1 N–H and O–H groups in total. The average molecular weight is 527 g/mol. The van der Waals surface area contributed by atoms with Crippen LogP contribution in [0.15, 0.2) is 109 Å². The predicted molar refractivity (Wildman–Crippen MR) is 151 cm³/mol. The molecule has 0 spiro atoms. The van der Waals surface area contributed by atoms with Crippen LogP contribution in [0, 0.1) is 6.92 Å². The van der Waals surface area contributed by atoms with Gasteiger partial charge in [-0.05, 0) is 47.9 Å². The minimum atomic E-state index is -0.745. The number of nitrogens with one attached hydrogen (secondary N) is 1. The van der Waals surface area contributed by atoms with Crippen LogP contribution < -0.4 is 10.1 Å². The van der Waals surface area contributed by atoms with Gasteiger partial charge in [0, 0.05) is 24.5 Å². The van der Waals surface area contributed by atoms with E-state index in [0.29, 0.717) is 23.7 Å². The molecule has 4 aromatic carbocycles. The number of hydrogen-bond donors (Lipinski definition) is 1. The molecule has 0 aliphatic carbocycles. The van der Waals surface area contributed by atoms with E-state index < -0.39 is 6.04 Å². The summed E-state index contributed by atoms with van der Waals surface area (Å²) in [4.78, 5) is 28.9. The van der Waals surface area contributed by atoms with Gasteiger partial charge in [0.25, 0.3) is 5.91 Å². The first-order valence-corrected chi connectivity index (χ1v) is 12.9. The Hall–Kier alpha value is -4.09. The number of carbonyl (C=O) groups excluding carboxylic acids is 2. The molecule has 6 heteroatoms. The molecule has 0 unspecified atom stereocenters. The summed E-state index contributed by atoms with van der Waals surface area (Å²) in [6.45, 7) is 2.45. The molecule has 0 bridgehead atoms. The van der Waals surface area contributed by atoms with Gasteiger partial charge in [0.1, 0.15) is 11.8 Å². The lowest BCUT2D eigenvalue weighted by molar-refractivity contribution is -0.142. The third-order valence-corrected chi connectivity index (χ3v) is 6.48. The van der Waals surface area contributed by atoms with E-state index in [-0.39, 0.29) is 25.0 Å². The van der Waals surface area contributed by atoms with Crippen molar-refractivity contribution in [2.24, 2.45) is 0 Å². The monoisotopic (exact) mass is 526 g/mol. The van der Waals surface area contributed by atoms with E-state index in [1.807, 2.05) is 91.9 Å². The molecule has 0 saturated heterocycles. The summed E-state index contributed by atoms with van der Waals surface area (Å²) in [5, 5.41) is 3.66. The summed E-state index contributed by atoms with van der Waals surface area (Å²) in [5.41, 5.74) is 3.97. The summed E-state index contributed by atoms with van der Waals surface area (Å²) >= 11 is 6.09. The van der Waals surface area contributed by atoms with Crippen molar-refractivity contribution in [3.05, 3.63) is 136 Å². The molecule has 1 atom stereocenters. The summed E-state index contributed by atoms with van der Waals surface area (Å²) in [6, 6.07) is 33.5. The zero-order valence-electron chi connectivity index (χ0n) is 21.3. The molecule has 5 nitrogen and oxygen atoms in total. The van der Waals surface area contributed by atoms with Crippen molar-refractivity contribution in [3.8, 4) is 5.75 Å². The van der Waals surface area contributed by atoms with Gasteiger partial charge in [0.2, 0.25) is 5.91 Å². The van der Waals surface area contributed by atoms with Gasteiger partial charge in [-0.2, -0.15) is 0 Å². The molecule has 4 rings (SSSR count). The number of amides is 2. The topological polar surface area (TPSA) is 58.6 Å². The van der Waals surface area contributed by atoms with Gasteiger partial charge in [-0.1, -0.05) is 102 Å². The second-order valence-corrected chi connectivity index (χ2v) is 9.60. The lowest BCUT2D eigenvalue weighted by Gasteiger charge is -2.31. The molecule has 0 radical (unpaired) electrons. The smallest absolute Gasteiger partial charge is 0.261 e. The van der Waals surface area contributed by atoms with E-state index >= 15 is 0 Å². The van der Waals surface area contributed by atoms with E-state index in [1.165, 1.54) is 0 Å². The van der Waals surface area contributed by atoms with Crippen molar-refractivity contribution >= 4 is 23.4 Å². The van der Waals surface area contributed by atoms with Gasteiger partial charge < -0.3 is 15.0 Å². The normalized spacial score (nSPS) is 11.4. The van der Waals surface area contributed by atoms with Gasteiger partial charge in [-0.3, -0.25) is 9.59 Å². The van der Waals surface area contributed by atoms with E-state index in [4.69, 9.17) is 16.3 Å². The zero-order chi connectivity index (χ0) is 26.7. The molecular weight excluding hydrogens is 496 g/mol. The summed E-state index contributed by atoms with van der Waals surface area (Å²) in [5.74, 6) is 0.0856. The van der Waals surface area contributed by atoms with E-state index in [0.717, 1.165) is 22.3 Å². The molecule has 0 heterocycles. The molecule has 38 heavy (non-hydrogen) atoms. The number of rotatable bonds is 11. The molecule has 194 valence electrons. The first-order chi connectivity index (χ1) is 18.5. The van der Waals surface area contributed by atoms with Crippen molar-refractivity contribution in [3.63, 3.8) is 0 Å². The Balaban J connectivity index is 1.60. The molecule has 0 aromatic heterocycles. The highest BCUT2D eigenvalue weighted by Gasteiger charge is 2.30. The molecule has 0 aliphatic rings. The van der Waals surface area contributed by atoms with Crippen molar-refractivity contribution in [1.29, 1.82) is 0 Å². The number of para-hydroxylation sites is 1. The van der Waals surface area contributed by atoms with Crippen LogP contribution in [0.1, 0.15) is 22.3 Å². The van der Waals surface area contributed by atoms with Crippen LogP contribution in [0.3, 0.4) is 0 Å². The lowest BCUT2D eigenvalue weighted by atomic mass is 10.0. The van der Waals surface area contributed by atoms with Crippen molar-refractivity contribution in [2.45, 2.75) is 32.5 Å². The Morgan fingerprint density at radius 1 is 0.789 bits per heavy atom. The number of carbonyl (C=O) groups is 2. The molecule has 4 aromatic rings. The largest absolute Gasteiger partial charge is 0.484 e. The van der Waals surface area contributed by atoms with Gasteiger partial charge >= 0.3 is 0 Å². The molecular formula is C32H31ClN2O3. The minimum absolute atomic E-state index is 0.186. The Labute approximate surface area is 229 Å². The van der Waals surface area contributed by atoms with Gasteiger partial charge in [-0.15, -0.1) is 0 Å². The number of hydrogen-bond acceptors (Lipinski definition) is 3. The van der Waals surface area contributed by atoms with Crippen LogP contribution in [0.2, 0.25) is 5.02 Å². The number of nitrogens with zero attached hydrogens (tertiary/aromatic N) is 1. The molecule has 0 fully saturated rings. The summed E-state index contributed by atoms with van der Waals surface area (Å²) in [7, 11) is 0. The fourth-order valence-electron chi connectivity index (χ4n) is 4.10. The Kier molecular flexibility index (Phi) is 9.54. The Morgan fingerprint density at radius 3 is 2.05 bits per heavy atom. The summed E-state index contributed by atoms with van der Waals surface area (Å²) < 4.78 is 5.78. The van der Waals surface area contributed by atoms with Crippen LogP contribution in [0.25, 0.3) is 0 Å². The SMILES string of the molecule is Cc1ccc(CNC(=O)[C@H](Cc2ccccc2)N(Cc2ccc(Cl)cc2)C(=O)COc2ccccc2)cc1. The Morgan fingerprint density at radius 2 is 1.39 bits per heavy atom. The van der Waals surface area contributed by atoms with Crippen molar-refractivity contribution < 1.29 is 14.3 Å². The molecule has 2 amide bonds. The lowest BCUT2D eigenvalue weighted by Crippen LogP contribution is -2.51. The van der Waals surface area contributed by atoms with Crippen molar-refractivity contribution in [2.75, 3.05) is 6.61 Å². The highest BCUT2D eigenvalue weighted by atomic mass is 35.5. The number of aryl methyl sites for hydroxylation is 1. The van der Waals surface area contributed by atoms with Crippen LogP contribution in [-0.2, 0) is 29.1 Å². The van der Waals surface area contributed by atoms with E-state index in [9.17, 15) is 9.59 Å². The number of ether oxygens (including phenoxy) is 1. The van der Waals surface area contributed by atoms with Crippen LogP contribution in [-0.4, -0.2) is 29.4 Å². The maximum absolute atomic E-state index is 13.7. The van der Waals surface area contributed by atoms with Crippen LogP contribution in [0.4, 0.5) is 0 Å². The van der Waals surface area contributed by atoms with Gasteiger partial charge in [-0.25, -0.2) is 0 Å². The highest BCUT2D eigenvalue weighted by Crippen LogP contribution is 2.18. The van der Waals surface area contributed by atoms with Crippen LogP contribution in [0.5, 0.6) is 5.75 Å². The van der Waals surface area contributed by atoms with Gasteiger partial charge in [0.15, 0.2) is 6.61 Å². The molecule has 0 aliphatic heterocycles. The minimum Gasteiger partial charge on any atom is -0.484 e. The Bertz CT molecular complexity index is 1310. The quantitative estimate of drug-likeness (QED) is 0.261. The first kappa shape index (κ1) is 27.0. The second kappa shape index (κ2) is 13.5. The summed E-state index contributed by atoms with van der Waals surface area (Å²) in [6.07, 6.45) is 0.366. The van der Waals surface area contributed by atoms with Crippen LogP contribution >= 0.6 is 11.6 Å². The third kappa shape index (κ3) is 7.95. The van der Waals surface area contributed by atoms with E-state index in [2.05, 4.69) is 5.32 Å². The fraction of sp³-hybridized carbons (Fsp3) is 0.188. The first-order valence-electron chi connectivity index (χ1n) is 12.6. The maximum Gasteiger partial charge on any atom is 0.261 e. The van der Waals surface area contributed by atoms with Crippen molar-refractivity contribution in [1.82, 2.24) is 10.2 Å². The fourth-order valence-corrected chi connectivity index (χ4v) is 4.22. The molecule has 0 saturated carbocycles. The zero-order valence-corrected chi connectivity index (χ0v) is 22.1. The van der Waals surface area contributed by atoms with E-state index in [1.54, 1.807) is 29.2 Å². The number of benzene rings is 4. The second-order valence-electron chi connectivity index (χ2n) is 9.16. The third-order valence-electron chi connectivity index (χ3n) is 6.23. The van der Waals surface area contributed by atoms with Gasteiger partial charge in [0.05, 0.1) is 0 Å². The highest BCUT2D eigenvalue weighted by molar-refractivity contribution is 6.30. The standard InChI is InChI=1S/C32H31ClN2O3/c1-24-12-14-26(15-13-24)21-34-32(37)30(20-25-8-4-2-5-9-25)35(22-27-16-18-28(33)19-17-27)31(36)23-38-29-10-6-3-7-11-29/h2-19,30H,20-23H2,1H3,(H,34,37)/t30-/m0/s1. The maximum atomic E-state index is 13.7.